The third kappa shape index (κ3) is 8.70. The minimum Gasteiger partial charge on any atom is -0.443 e. The fourth-order valence-electron chi connectivity index (χ4n) is 1.82. The maximum Gasteiger partial charge on any atom is 0.420 e. The molecule has 2 N–H and O–H groups in total. The summed E-state index contributed by atoms with van der Waals surface area (Å²) in [4.78, 5) is 26.4. The largest absolute Gasteiger partial charge is 0.443 e. The molecule has 0 aliphatic rings. The molecule has 1 aromatic heterocycles. The average Bonchev–Trinajstić information content (AvgIpc) is 2.87. The zero-order valence-corrected chi connectivity index (χ0v) is 18.7. The third-order valence-electron chi connectivity index (χ3n) is 2.76. The summed E-state index contributed by atoms with van der Waals surface area (Å²) in [5.41, 5.74) is 4.46. The molecule has 0 saturated carbocycles. The van der Waals surface area contributed by atoms with E-state index in [0.717, 1.165) is 11.2 Å². The number of amides is 2. The van der Waals surface area contributed by atoms with Crippen LogP contribution in [0.4, 0.5) is 9.59 Å². The van der Waals surface area contributed by atoms with Crippen molar-refractivity contribution in [1.29, 1.82) is 0 Å². The first kappa shape index (κ1) is 23.9. The van der Waals surface area contributed by atoms with Crippen LogP contribution in [-0.2, 0) is 26.0 Å². The number of carbonyl (C=O) groups excluding carboxylic acids is 2. The molecule has 1 aromatic rings. The smallest absolute Gasteiger partial charge is 0.420 e. The Morgan fingerprint density at radius 2 is 1.57 bits per heavy atom. The number of sulfonamides is 1. The number of amidine groups is 1. The van der Waals surface area contributed by atoms with E-state index >= 15 is 0 Å². The topological polar surface area (TPSA) is 128 Å². The van der Waals surface area contributed by atoms with E-state index in [-0.39, 0.29) is 12.4 Å². The van der Waals surface area contributed by atoms with Gasteiger partial charge in [-0.2, -0.15) is 0 Å². The van der Waals surface area contributed by atoms with Crippen molar-refractivity contribution in [1.82, 2.24) is 4.90 Å². The van der Waals surface area contributed by atoms with Gasteiger partial charge < -0.3 is 15.2 Å². The lowest BCUT2D eigenvalue weighted by Gasteiger charge is -2.28. The Hall–Kier alpha value is -2.14. The quantitative estimate of drug-likeness (QED) is 0.570. The summed E-state index contributed by atoms with van der Waals surface area (Å²) < 4.78 is 36.5. The molecule has 0 fully saturated rings. The molecule has 158 valence electrons. The lowest BCUT2D eigenvalue weighted by Crippen LogP contribution is -2.43. The van der Waals surface area contributed by atoms with Crippen molar-refractivity contribution in [2.75, 3.05) is 6.26 Å². The van der Waals surface area contributed by atoms with Crippen LogP contribution in [-0.4, -0.2) is 48.8 Å². The molecule has 9 nitrogen and oxygen atoms in total. The molecule has 1 rings (SSSR count). The van der Waals surface area contributed by atoms with Crippen molar-refractivity contribution < 1.29 is 27.5 Å². The number of nitrogens with zero attached hydrogens (tertiary/aromatic N) is 2. The molecular weight excluding hydrogens is 406 g/mol. The van der Waals surface area contributed by atoms with E-state index in [1.165, 1.54) is 11.3 Å². The first-order valence-electron chi connectivity index (χ1n) is 8.33. The summed E-state index contributed by atoms with van der Waals surface area (Å²) in [6.45, 7) is 9.98. The normalized spacial score (nSPS) is 13.2. The molecule has 0 bridgehead atoms. The Morgan fingerprint density at radius 1 is 1.11 bits per heavy atom. The van der Waals surface area contributed by atoms with Crippen LogP contribution < -0.4 is 5.73 Å². The van der Waals surface area contributed by atoms with Gasteiger partial charge in [-0.1, -0.05) is 0 Å². The number of imide groups is 1. The second kappa shape index (κ2) is 8.48. The van der Waals surface area contributed by atoms with Gasteiger partial charge in [0.15, 0.2) is 0 Å². The van der Waals surface area contributed by atoms with E-state index in [9.17, 15) is 18.0 Å². The molecule has 11 heteroatoms. The van der Waals surface area contributed by atoms with Crippen molar-refractivity contribution in [2.45, 2.75) is 59.3 Å². The molecule has 2 amide bonds. The minimum absolute atomic E-state index is 0.124. The van der Waals surface area contributed by atoms with Gasteiger partial charge in [-0.15, -0.1) is 15.7 Å². The predicted molar refractivity (Wildman–Crippen MR) is 108 cm³/mol. The third-order valence-corrected chi connectivity index (χ3v) is 4.21. The van der Waals surface area contributed by atoms with Gasteiger partial charge in [-0.05, 0) is 47.6 Å². The van der Waals surface area contributed by atoms with Crippen LogP contribution in [0.3, 0.4) is 0 Å². The maximum absolute atomic E-state index is 12.5. The Labute approximate surface area is 169 Å². The highest BCUT2D eigenvalue weighted by molar-refractivity contribution is 7.89. The van der Waals surface area contributed by atoms with Gasteiger partial charge in [-0.25, -0.2) is 22.9 Å². The molecule has 0 aromatic carbocycles. The Morgan fingerprint density at radius 3 is 1.96 bits per heavy atom. The fourth-order valence-corrected chi connectivity index (χ4v) is 3.15. The van der Waals surface area contributed by atoms with Crippen molar-refractivity contribution in [3.63, 3.8) is 0 Å². The van der Waals surface area contributed by atoms with Crippen molar-refractivity contribution in [2.24, 2.45) is 10.1 Å². The van der Waals surface area contributed by atoms with E-state index in [0.29, 0.717) is 10.4 Å². The van der Waals surface area contributed by atoms with Gasteiger partial charge in [0.05, 0.1) is 12.8 Å². The van der Waals surface area contributed by atoms with E-state index < -0.39 is 33.4 Å². The second-order valence-corrected chi connectivity index (χ2v) is 10.7. The standard InChI is InChI=1S/C17H27N3O6S2/c1-16(2,3)25-14(21)20(15(22)26-17(4,5)6)9-12-8-11(10-27-12)13(18)19-28(7,23)24/h8,10H,9H2,1-7H3,(H2,18,19). The highest BCUT2D eigenvalue weighted by atomic mass is 32.2. The fraction of sp³-hybridized carbons (Fsp3) is 0.588. The molecule has 0 spiro atoms. The Balaban J connectivity index is 3.12. The number of ether oxygens (including phenoxy) is 2. The van der Waals surface area contributed by atoms with Crippen LogP contribution in [0.1, 0.15) is 52.0 Å². The first-order valence-corrected chi connectivity index (χ1v) is 11.1. The number of rotatable bonds is 4. The highest BCUT2D eigenvalue weighted by Gasteiger charge is 2.31. The zero-order valence-electron chi connectivity index (χ0n) is 17.1. The van der Waals surface area contributed by atoms with Gasteiger partial charge in [0.2, 0.25) is 0 Å². The summed E-state index contributed by atoms with van der Waals surface area (Å²) in [6, 6.07) is 1.55. The molecular formula is C17H27N3O6S2. The Bertz CT molecular complexity index is 832. The number of carbonyl (C=O) groups is 2. The van der Waals surface area contributed by atoms with E-state index in [1.807, 2.05) is 0 Å². The summed E-state index contributed by atoms with van der Waals surface area (Å²) in [5, 5.41) is 1.59. The molecule has 0 atom stereocenters. The molecule has 1 heterocycles. The number of nitrogens with two attached hydrogens (primary N) is 1. The van der Waals surface area contributed by atoms with Gasteiger partial charge in [-0.3, -0.25) is 0 Å². The van der Waals surface area contributed by atoms with Gasteiger partial charge in [0.1, 0.15) is 17.0 Å². The molecule has 0 aliphatic carbocycles. The highest BCUT2D eigenvalue weighted by Crippen LogP contribution is 2.21. The van der Waals surface area contributed by atoms with Crippen LogP contribution in [0.5, 0.6) is 0 Å². The molecule has 0 unspecified atom stereocenters. The monoisotopic (exact) mass is 433 g/mol. The predicted octanol–water partition coefficient (Wildman–Crippen LogP) is 3.09. The van der Waals surface area contributed by atoms with E-state index in [1.54, 1.807) is 53.0 Å². The van der Waals surface area contributed by atoms with Crippen molar-refractivity contribution in [3.05, 3.63) is 21.9 Å². The van der Waals surface area contributed by atoms with E-state index in [4.69, 9.17) is 15.2 Å². The number of hydrogen-bond donors (Lipinski definition) is 1. The van der Waals surface area contributed by atoms with Crippen LogP contribution in [0.25, 0.3) is 0 Å². The Kier molecular flexibility index (Phi) is 7.24. The van der Waals surface area contributed by atoms with Gasteiger partial charge >= 0.3 is 12.2 Å². The number of thiophene rings is 1. The molecule has 0 aliphatic heterocycles. The average molecular weight is 434 g/mol. The molecule has 0 saturated heterocycles. The van der Waals surface area contributed by atoms with Crippen LogP contribution in [0.2, 0.25) is 0 Å². The van der Waals surface area contributed by atoms with E-state index in [2.05, 4.69) is 4.40 Å². The summed E-state index contributed by atoms with van der Waals surface area (Å²) in [6.07, 6.45) is -0.774. The molecule has 0 radical (unpaired) electrons. The van der Waals surface area contributed by atoms with Crippen LogP contribution >= 0.6 is 11.3 Å². The first-order chi connectivity index (χ1) is 12.5. The second-order valence-electron chi connectivity index (χ2n) is 8.06. The summed E-state index contributed by atoms with van der Waals surface area (Å²) >= 11 is 1.19. The van der Waals surface area contributed by atoms with Crippen LogP contribution in [0, 0.1) is 0 Å². The SMILES string of the molecule is CC(C)(C)OC(=O)N(Cc1cc(C(N)=NS(C)(=O)=O)cs1)C(=O)OC(C)(C)C. The summed E-state index contributed by atoms with van der Waals surface area (Å²) in [5.74, 6) is -0.175. The van der Waals surface area contributed by atoms with Gasteiger partial charge in [0, 0.05) is 15.8 Å². The maximum atomic E-state index is 12.5. The van der Waals surface area contributed by atoms with Crippen LogP contribution in [0.15, 0.2) is 15.8 Å². The zero-order chi connectivity index (χ0) is 21.9. The minimum atomic E-state index is -3.64. The van der Waals surface area contributed by atoms with Crippen molar-refractivity contribution in [3.8, 4) is 0 Å². The van der Waals surface area contributed by atoms with Gasteiger partial charge in [0.25, 0.3) is 10.0 Å². The molecule has 28 heavy (non-hydrogen) atoms. The lowest BCUT2D eigenvalue weighted by atomic mass is 10.2. The lowest BCUT2D eigenvalue weighted by molar-refractivity contribution is -0.0000570. The number of hydrogen-bond acceptors (Lipinski definition) is 7. The summed E-state index contributed by atoms with van der Waals surface area (Å²) in [7, 11) is -3.64. The van der Waals surface area contributed by atoms with Crippen molar-refractivity contribution >= 4 is 39.4 Å².